The van der Waals surface area contributed by atoms with Crippen molar-refractivity contribution in [1.82, 2.24) is 4.98 Å². The molecule has 0 aromatic carbocycles. The average molecular weight is 247 g/mol. The van der Waals surface area contributed by atoms with Gasteiger partial charge in [0.25, 0.3) is 0 Å². The molecule has 7 heteroatoms. The van der Waals surface area contributed by atoms with Crippen LogP contribution in [0.5, 0.6) is 0 Å². The molecule has 0 saturated carbocycles. The van der Waals surface area contributed by atoms with E-state index in [2.05, 4.69) is 4.98 Å². The molecule has 0 saturated heterocycles. The highest BCUT2D eigenvalue weighted by molar-refractivity contribution is 7.79. The van der Waals surface area contributed by atoms with Crippen molar-refractivity contribution in [1.29, 1.82) is 0 Å². The van der Waals surface area contributed by atoms with Crippen molar-refractivity contribution in [3.8, 4) is 0 Å². The second-order valence-electron chi connectivity index (χ2n) is 1.80. The fourth-order valence-corrected chi connectivity index (χ4v) is 2.14. The predicted molar refractivity (Wildman–Crippen MR) is 48.3 cm³/mol. The zero-order valence-electron chi connectivity index (χ0n) is 5.42. The van der Waals surface area contributed by atoms with Gasteiger partial charge in [0.2, 0.25) is 0 Å². The van der Waals surface area contributed by atoms with Crippen molar-refractivity contribution < 1.29 is 8.76 Å². The highest BCUT2D eigenvalue weighted by atomic mass is 35.5. The average Bonchev–Trinajstić information content (AvgIpc) is 1.82. The summed E-state index contributed by atoms with van der Waals surface area (Å²) in [6.07, 6.45) is 0. The monoisotopic (exact) mass is 245 g/mol. The molecule has 0 amide bonds. The molecule has 3 nitrogen and oxygen atoms in total. The van der Waals surface area contributed by atoms with Crippen LogP contribution in [0.2, 0.25) is 15.3 Å². The first-order valence-corrected chi connectivity index (χ1v) is 4.89. The SMILES string of the molecule is O=S(O)c1c(Cl)cc(Cl)nc1Cl. The Bertz CT molecular complexity index is 320. The minimum Gasteiger partial charge on any atom is -0.302 e. The van der Waals surface area contributed by atoms with E-state index in [4.69, 9.17) is 39.4 Å². The summed E-state index contributed by atoms with van der Waals surface area (Å²) in [6, 6.07) is 1.25. The smallest absolute Gasteiger partial charge is 0.191 e. The van der Waals surface area contributed by atoms with Gasteiger partial charge in [-0.1, -0.05) is 34.8 Å². The minimum absolute atomic E-state index is 0.0285. The van der Waals surface area contributed by atoms with E-state index in [9.17, 15) is 4.21 Å². The molecule has 1 aromatic rings. The molecule has 1 rings (SSSR count). The van der Waals surface area contributed by atoms with Gasteiger partial charge in [-0.15, -0.1) is 0 Å². The molecule has 0 aliphatic rings. The Morgan fingerprint density at radius 1 is 1.42 bits per heavy atom. The van der Waals surface area contributed by atoms with E-state index in [1.54, 1.807) is 0 Å². The quantitative estimate of drug-likeness (QED) is 0.612. The molecule has 0 radical (unpaired) electrons. The highest BCUT2D eigenvalue weighted by Crippen LogP contribution is 2.27. The van der Waals surface area contributed by atoms with E-state index in [-0.39, 0.29) is 20.2 Å². The topological polar surface area (TPSA) is 50.2 Å². The molecule has 0 aliphatic heterocycles. The van der Waals surface area contributed by atoms with Crippen LogP contribution in [-0.4, -0.2) is 13.7 Å². The lowest BCUT2D eigenvalue weighted by Gasteiger charge is -2.00. The van der Waals surface area contributed by atoms with Crippen LogP contribution in [0.15, 0.2) is 11.0 Å². The van der Waals surface area contributed by atoms with Crippen LogP contribution in [0.4, 0.5) is 0 Å². The Morgan fingerprint density at radius 2 is 2.00 bits per heavy atom. The van der Waals surface area contributed by atoms with Gasteiger partial charge in [-0.2, -0.15) is 0 Å². The summed E-state index contributed by atoms with van der Waals surface area (Å²) in [5.74, 6) is 0. The first kappa shape index (κ1) is 10.2. The molecule has 1 atom stereocenters. The molecule has 0 aliphatic carbocycles. The van der Waals surface area contributed by atoms with Gasteiger partial charge in [0, 0.05) is 0 Å². The minimum atomic E-state index is -2.25. The standard InChI is InChI=1S/C5H2Cl3NO2S/c6-2-1-3(7)9-5(8)4(2)12(10)11/h1H,(H,10,11). The fraction of sp³-hybridized carbons (Fsp3) is 0. The molecule has 1 unspecified atom stereocenters. The van der Waals surface area contributed by atoms with Gasteiger partial charge in [0.05, 0.1) is 5.02 Å². The number of rotatable bonds is 1. The Balaban J connectivity index is 3.38. The maximum absolute atomic E-state index is 10.6. The van der Waals surface area contributed by atoms with Gasteiger partial charge in [-0.25, -0.2) is 9.19 Å². The molecule has 1 N–H and O–H groups in total. The lowest BCUT2D eigenvalue weighted by atomic mass is 10.5. The number of hydrogen-bond acceptors (Lipinski definition) is 2. The van der Waals surface area contributed by atoms with Crippen molar-refractivity contribution in [3.05, 3.63) is 21.4 Å². The van der Waals surface area contributed by atoms with Crippen LogP contribution < -0.4 is 0 Å². The van der Waals surface area contributed by atoms with E-state index in [0.717, 1.165) is 0 Å². The molecule has 1 aromatic heterocycles. The van der Waals surface area contributed by atoms with Crippen molar-refractivity contribution >= 4 is 45.9 Å². The summed E-state index contributed by atoms with van der Waals surface area (Å²) in [5.41, 5.74) is 0. The molecule has 66 valence electrons. The lowest BCUT2D eigenvalue weighted by Crippen LogP contribution is -1.93. The number of hydrogen-bond donors (Lipinski definition) is 1. The molecular weight excluding hydrogens is 244 g/mol. The normalized spacial score (nSPS) is 13.0. The molecular formula is C5H2Cl3NO2S. The Labute approximate surface area is 85.9 Å². The zero-order chi connectivity index (χ0) is 9.30. The third-order valence-electron chi connectivity index (χ3n) is 1.03. The number of nitrogens with zero attached hydrogens (tertiary/aromatic N) is 1. The third-order valence-corrected chi connectivity index (χ3v) is 2.78. The first-order valence-electron chi connectivity index (χ1n) is 2.64. The van der Waals surface area contributed by atoms with Gasteiger partial charge >= 0.3 is 0 Å². The van der Waals surface area contributed by atoms with E-state index in [1.807, 2.05) is 0 Å². The molecule has 0 bridgehead atoms. The van der Waals surface area contributed by atoms with Crippen LogP contribution in [-0.2, 0) is 11.1 Å². The molecule has 1 heterocycles. The Morgan fingerprint density at radius 3 is 2.42 bits per heavy atom. The fourth-order valence-electron chi connectivity index (χ4n) is 0.601. The van der Waals surface area contributed by atoms with Crippen LogP contribution in [0, 0.1) is 0 Å². The van der Waals surface area contributed by atoms with Gasteiger partial charge in [-0.3, -0.25) is 0 Å². The summed E-state index contributed by atoms with van der Waals surface area (Å²) >= 11 is 14.3. The van der Waals surface area contributed by atoms with E-state index >= 15 is 0 Å². The maximum atomic E-state index is 10.6. The highest BCUT2D eigenvalue weighted by Gasteiger charge is 2.13. The van der Waals surface area contributed by atoms with Crippen molar-refractivity contribution in [2.75, 3.05) is 0 Å². The molecule has 0 fully saturated rings. The summed E-state index contributed by atoms with van der Waals surface area (Å²) in [7, 11) is 0. The van der Waals surface area contributed by atoms with Crippen molar-refractivity contribution in [2.45, 2.75) is 4.90 Å². The van der Waals surface area contributed by atoms with Crippen molar-refractivity contribution in [3.63, 3.8) is 0 Å². The summed E-state index contributed by atoms with van der Waals surface area (Å²) < 4.78 is 19.3. The van der Waals surface area contributed by atoms with Gasteiger partial charge in [-0.05, 0) is 6.07 Å². The van der Waals surface area contributed by atoms with Gasteiger partial charge in [0.1, 0.15) is 10.0 Å². The largest absolute Gasteiger partial charge is 0.302 e. The van der Waals surface area contributed by atoms with E-state index in [1.165, 1.54) is 6.07 Å². The number of aromatic nitrogens is 1. The summed E-state index contributed by atoms with van der Waals surface area (Å²) in [5, 5.41) is -0.0478. The third kappa shape index (κ3) is 2.08. The van der Waals surface area contributed by atoms with Crippen LogP contribution in [0.3, 0.4) is 0 Å². The van der Waals surface area contributed by atoms with E-state index < -0.39 is 11.1 Å². The number of pyridine rings is 1. The van der Waals surface area contributed by atoms with Crippen LogP contribution >= 0.6 is 34.8 Å². The summed E-state index contributed by atoms with van der Waals surface area (Å²) in [4.78, 5) is 3.43. The second kappa shape index (κ2) is 3.89. The maximum Gasteiger partial charge on any atom is 0.191 e. The lowest BCUT2D eigenvalue weighted by molar-refractivity contribution is 0.564. The van der Waals surface area contributed by atoms with E-state index in [0.29, 0.717) is 0 Å². The summed E-state index contributed by atoms with van der Waals surface area (Å²) in [6.45, 7) is 0. The molecule has 0 spiro atoms. The predicted octanol–water partition coefficient (Wildman–Crippen LogP) is 2.62. The van der Waals surface area contributed by atoms with Crippen LogP contribution in [0.25, 0.3) is 0 Å². The first-order chi connectivity index (χ1) is 5.52. The van der Waals surface area contributed by atoms with Crippen molar-refractivity contribution in [2.24, 2.45) is 0 Å². The molecule has 12 heavy (non-hydrogen) atoms. The van der Waals surface area contributed by atoms with Gasteiger partial charge < -0.3 is 4.55 Å². The van der Waals surface area contributed by atoms with Crippen LogP contribution in [0.1, 0.15) is 0 Å². The number of halogens is 3. The van der Waals surface area contributed by atoms with Gasteiger partial charge in [0.15, 0.2) is 16.2 Å². The zero-order valence-corrected chi connectivity index (χ0v) is 8.51. The second-order valence-corrected chi connectivity index (χ2v) is 3.85. The Kier molecular flexibility index (Phi) is 3.31. The Hall–Kier alpha value is 0.130.